The number of amides is 1. The molecule has 0 N–H and O–H groups in total. The van der Waals surface area contributed by atoms with Gasteiger partial charge in [-0.3, -0.25) is 4.79 Å². The molecule has 0 bridgehead atoms. The Hall–Kier alpha value is -0.740. The summed E-state index contributed by atoms with van der Waals surface area (Å²) in [6.45, 7) is 0.551. The first-order valence-electron chi connectivity index (χ1n) is 4.26. The van der Waals surface area contributed by atoms with Crippen LogP contribution in [0.15, 0.2) is 0 Å². The number of halogens is 3. The number of piperidine rings is 1. The first-order valence-corrected chi connectivity index (χ1v) is 4.26. The highest BCUT2D eigenvalue weighted by molar-refractivity contribution is 5.77. The lowest BCUT2D eigenvalue weighted by molar-refractivity contribution is -0.168. The molecule has 1 amide bonds. The van der Waals surface area contributed by atoms with Crippen LogP contribution < -0.4 is 0 Å². The van der Waals surface area contributed by atoms with Crippen LogP contribution in [-0.4, -0.2) is 29.6 Å². The van der Waals surface area contributed by atoms with Gasteiger partial charge >= 0.3 is 6.18 Å². The molecule has 76 valence electrons. The number of carbonyl (C=O) groups is 1. The van der Waals surface area contributed by atoms with Gasteiger partial charge in [0.15, 0.2) is 0 Å². The summed E-state index contributed by atoms with van der Waals surface area (Å²) < 4.78 is 36.0. The molecule has 1 aliphatic heterocycles. The molecule has 5 heteroatoms. The maximum absolute atomic E-state index is 12.0. The zero-order chi connectivity index (χ0) is 10.1. The number of alkyl halides is 3. The molecular weight excluding hydrogens is 183 g/mol. The summed E-state index contributed by atoms with van der Waals surface area (Å²) in [6, 6.07) is -0.275. The Balaban J connectivity index is 2.59. The van der Waals surface area contributed by atoms with E-state index in [4.69, 9.17) is 0 Å². The lowest BCUT2D eigenvalue weighted by Crippen LogP contribution is -2.46. The minimum absolute atomic E-state index is 0.250. The molecule has 1 atom stereocenters. The van der Waals surface area contributed by atoms with Crippen molar-refractivity contribution in [3.8, 4) is 0 Å². The van der Waals surface area contributed by atoms with Crippen LogP contribution in [0.1, 0.15) is 26.2 Å². The van der Waals surface area contributed by atoms with Gasteiger partial charge in [0.25, 0.3) is 0 Å². The number of carbonyl (C=O) groups excluding carboxylic acids is 1. The number of nitrogens with zero attached hydrogens (tertiary/aromatic N) is 1. The minimum atomic E-state index is -4.28. The van der Waals surface area contributed by atoms with Crippen molar-refractivity contribution in [3.63, 3.8) is 0 Å². The normalized spacial score (nSPS) is 25.1. The number of hydrogen-bond acceptors (Lipinski definition) is 1. The monoisotopic (exact) mass is 195 g/mol. The summed E-state index contributed by atoms with van der Waals surface area (Å²) in [5.41, 5.74) is 0. The van der Waals surface area contributed by atoms with Gasteiger partial charge in [0.2, 0.25) is 5.91 Å². The average molecular weight is 195 g/mol. The summed E-state index contributed by atoms with van der Waals surface area (Å²) in [5.74, 6) is -0.379. The minimum Gasteiger partial charge on any atom is -0.331 e. The molecule has 0 saturated carbocycles. The standard InChI is InChI=1S/C8H12F3NO/c1-6-3-2-4-7(13)12(6)5-8(9,10)11/h6H,2-5H2,1H3/t6-/m1/s1. The van der Waals surface area contributed by atoms with Gasteiger partial charge in [-0.05, 0) is 19.8 Å². The topological polar surface area (TPSA) is 20.3 Å². The first kappa shape index (κ1) is 10.3. The van der Waals surface area contributed by atoms with Crippen molar-refractivity contribution in [3.05, 3.63) is 0 Å². The lowest BCUT2D eigenvalue weighted by atomic mass is 10.0. The van der Waals surface area contributed by atoms with E-state index in [0.717, 1.165) is 4.90 Å². The zero-order valence-corrected chi connectivity index (χ0v) is 7.40. The molecule has 13 heavy (non-hydrogen) atoms. The summed E-state index contributed by atoms with van der Waals surface area (Å²) in [6.07, 6.45) is -2.65. The fraction of sp³-hybridized carbons (Fsp3) is 0.875. The van der Waals surface area contributed by atoms with Crippen LogP contribution in [-0.2, 0) is 4.79 Å². The Morgan fingerprint density at radius 3 is 2.62 bits per heavy atom. The van der Waals surface area contributed by atoms with Crippen molar-refractivity contribution < 1.29 is 18.0 Å². The Morgan fingerprint density at radius 2 is 2.15 bits per heavy atom. The van der Waals surface area contributed by atoms with Crippen LogP contribution >= 0.6 is 0 Å². The summed E-state index contributed by atoms with van der Waals surface area (Å²) >= 11 is 0. The molecule has 1 saturated heterocycles. The Bertz CT molecular complexity index is 202. The van der Waals surface area contributed by atoms with Gasteiger partial charge in [-0.2, -0.15) is 13.2 Å². The van der Waals surface area contributed by atoms with Crippen LogP contribution in [0.2, 0.25) is 0 Å². The van der Waals surface area contributed by atoms with E-state index >= 15 is 0 Å². The van der Waals surface area contributed by atoms with Crippen LogP contribution in [0.3, 0.4) is 0 Å². The average Bonchev–Trinajstić information content (AvgIpc) is 1.95. The lowest BCUT2D eigenvalue weighted by Gasteiger charge is -2.33. The fourth-order valence-corrected chi connectivity index (χ4v) is 1.53. The molecule has 1 fully saturated rings. The zero-order valence-electron chi connectivity index (χ0n) is 7.40. The summed E-state index contributed by atoms with van der Waals surface area (Å²) in [5, 5.41) is 0. The second kappa shape index (κ2) is 3.55. The van der Waals surface area contributed by atoms with E-state index in [-0.39, 0.29) is 18.4 Å². The molecule has 1 aliphatic rings. The van der Waals surface area contributed by atoms with E-state index in [1.165, 1.54) is 0 Å². The maximum atomic E-state index is 12.0. The van der Waals surface area contributed by atoms with Gasteiger partial charge in [-0.15, -0.1) is 0 Å². The van der Waals surface area contributed by atoms with E-state index in [1.54, 1.807) is 6.92 Å². The van der Waals surface area contributed by atoms with Gasteiger partial charge in [0, 0.05) is 12.5 Å². The second-order valence-electron chi connectivity index (χ2n) is 3.38. The molecule has 0 radical (unpaired) electrons. The third-order valence-electron chi connectivity index (χ3n) is 2.21. The van der Waals surface area contributed by atoms with Crippen molar-refractivity contribution in [2.75, 3.05) is 6.54 Å². The molecule has 0 aromatic rings. The quantitative estimate of drug-likeness (QED) is 0.626. The molecule has 0 spiro atoms. The first-order chi connectivity index (χ1) is 5.90. The van der Waals surface area contributed by atoms with E-state index < -0.39 is 12.7 Å². The van der Waals surface area contributed by atoms with E-state index in [9.17, 15) is 18.0 Å². The SMILES string of the molecule is C[C@@H]1CCCC(=O)N1CC(F)(F)F. The molecular formula is C8H12F3NO. The van der Waals surface area contributed by atoms with Crippen molar-refractivity contribution in [1.29, 1.82) is 0 Å². The number of hydrogen-bond donors (Lipinski definition) is 0. The highest BCUT2D eigenvalue weighted by atomic mass is 19.4. The number of rotatable bonds is 1. The van der Waals surface area contributed by atoms with Gasteiger partial charge in [-0.1, -0.05) is 0 Å². The highest BCUT2D eigenvalue weighted by Gasteiger charge is 2.36. The molecule has 0 unspecified atom stereocenters. The molecule has 0 aromatic carbocycles. The smallest absolute Gasteiger partial charge is 0.331 e. The van der Waals surface area contributed by atoms with Crippen molar-refractivity contribution in [2.45, 2.75) is 38.4 Å². The molecule has 0 aromatic heterocycles. The van der Waals surface area contributed by atoms with Gasteiger partial charge in [-0.25, -0.2) is 0 Å². The van der Waals surface area contributed by atoms with Crippen molar-refractivity contribution in [2.24, 2.45) is 0 Å². The number of likely N-dealkylation sites (tertiary alicyclic amines) is 1. The van der Waals surface area contributed by atoms with Gasteiger partial charge in [0.1, 0.15) is 6.54 Å². The molecule has 2 nitrogen and oxygen atoms in total. The van der Waals surface area contributed by atoms with Crippen molar-refractivity contribution >= 4 is 5.91 Å². The Morgan fingerprint density at radius 1 is 1.54 bits per heavy atom. The largest absolute Gasteiger partial charge is 0.406 e. The van der Waals surface area contributed by atoms with Crippen LogP contribution in [0, 0.1) is 0 Å². The molecule has 1 heterocycles. The third-order valence-corrected chi connectivity index (χ3v) is 2.21. The fourth-order valence-electron chi connectivity index (χ4n) is 1.53. The maximum Gasteiger partial charge on any atom is 0.406 e. The van der Waals surface area contributed by atoms with Crippen LogP contribution in [0.4, 0.5) is 13.2 Å². The Labute approximate surface area is 74.7 Å². The van der Waals surface area contributed by atoms with Gasteiger partial charge < -0.3 is 4.90 Å². The van der Waals surface area contributed by atoms with Crippen LogP contribution in [0.5, 0.6) is 0 Å². The highest BCUT2D eigenvalue weighted by Crippen LogP contribution is 2.23. The van der Waals surface area contributed by atoms with E-state index in [0.29, 0.717) is 12.8 Å². The molecule has 0 aliphatic carbocycles. The predicted molar refractivity (Wildman–Crippen MR) is 41.1 cm³/mol. The van der Waals surface area contributed by atoms with Crippen molar-refractivity contribution in [1.82, 2.24) is 4.90 Å². The summed E-state index contributed by atoms with van der Waals surface area (Å²) in [4.78, 5) is 12.0. The third kappa shape index (κ3) is 2.90. The summed E-state index contributed by atoms with van der Waals surface area (Å²) in [7, 11) is 0. The van der Waals surface area contributed by atoms with Crippen LogP contribution in [0.25, 0.3) is 0 Å². The van der Waals surface area contributed by atoms with E-state index in [2.05, 4.69) is 0 Å². The Kier molecular flexibility index (Phi) is 2.83. The van der Waals surface area contributed by atoms with Gasteiger partial charge in [0.05, 0.1) is 0 Å². The second-order valence-corrected chi connectivity index (χ2v) is 3.38. The van der Waals surface area contributed by atoms with E-state index in [1.807, 2.05) is 0 Å². The molecule has 1 rings (SSSR count). The predicted octanol–water partition coefficient (Wildman–Crippen LogP) is 1.95.